The van der Waals surface area contributed by atoms with Gasteiger partial charge in [0.1, 0.15) is 0 Å². The summed E-state index contributed by atoms with van der Waals surface area (Å²) in [6, 6.07) is 0. The van der Waals surface area contributed by atoms with Crippen LogP contribution >= 0.6 is 11.8 Å². The number of carbonyl (C=O) groups is 1. The largest absolute Gasteiger partial charge is 0.378 e. The summed E-state index contributed by atoms with van der Waals surface area (Å²) in [7, 11) is 1.94. The van der Waals surface area contributed by atoms with Gasteiger partial charge >= 0.3 is 0 Å². The van der Waals surface area contributed by atoms with E-state index < -0.39 is 0 Å². The number of aromatic nitrogens is 3. The fourth-order valence-corrected chi connectivity index (χ4v) is 2.99. The second-order valence-electron chi connectivity index (χ2n) is 5.29. The molecule has 1 aliphatic rings. The summed E-state index contributed by atoms with van der Waals surface area (Å²) in [6.45, 7) is 6.00. The molecule has 124 valence electrons. The fourth-order valence-electron chi connectivity index (χ4n) is 2.26. The van der Waals surface area contributed by atoms with E-state index in [1.807, 2.05) is 11.6 Å². The third-order valence-corrected chi connectivity index (χ3v) is 4.56. The first-order valence-corrected chi connectivity index (χ1v) is 8.82. The van der Waals surface area contributed by atoms with Crippen molar-refractivity contribution < 1.29 is 9.53 Å². The van der Waals surface area contributed by atoms with E-state index in [-0.39, 0.29) is 5.91 Å². The molecule has 1 aliphatic heterocycles. The second kappa shape index (κ2) is 8.99. The minimum Gasteiger partial charge on any atom is -0.378 e. The normalized spacial score (nSPS) is 15.1. The van der Waals surface area contributed by atoms with Crippen LogP contribution in [0.1, 0.15) is 26.2 Å². The van der Waals surface area contributed by atoms with Crippen molar-refractivity contribution in [2.24, 2.45) is 7.05 Å². The van der Waals surface area contributed by atoms with E-state index in [1.165, 1.54) is 11.8 Å². The highest BCUT2D eigenvalue weighted by Gasteiger charge is 2.18. The van der Waals surface area contributed by atoms with E-state index in [2.05, 4.69) is 27.3 Å². The Kier molecular flexibility index (Phi) is 6.98. The lowest BCUT2D eigenvalue weighted by Gasteiger charge is -2.27. The van der Waals surface area contributed by atoms with Gasteiger partial charge in [-0.15, -0.1) is 10.2 Å². The van der Waals surface area contributed by atoms with Crippen LogP contribution in [0.5, 0.6) is 0 Å². The standard InChI is InChI=1S/C14H25N5O2S/c1-3-4-5-6-15-12(20)11-22-14-17-16-13(18(14)2)19-7-9-21-10-8-19/h3-11H2,1-2H3,(H,15,20). The highest BCUT2D eigenvalue weighted by Crippen LogP contribution is 2.20. The summed E-state index contributed by atoms with van der Waals surface area (Å²) in [5.74, 6) is 1.27. The quantitative estimate of drug-likeness (QED) is 0.568. The zero-order chi connectivity index (χ0) is 15.8. The number of nitrogens with one attached hydrogen (secondary N) is 1. The molecular formula is C14H25N5O2S. The number of morpholine rings is 1. The molecule has 1 fully saturated rings. The van der Waals surface area contributed by atoms with E-state index in [9.17, 15) is 4.79 Å². The average Bonchev–Trinajstić information content (AvgIpc) is 2.91. The lowest BCUT2D eigenvalue weighted by atomic mass is 10.2. The van der Waals surface area contributed by atoms with Crippen molar-refractivity contribution in [1.29, 1.82) is 0 Å². The number of amides is 1. The predicted octanol–water partition coefficient (Wildman–Crippen LogP) is 1.05. The Hall–Kier alpha value is -1.28. The molecular weight excluding hydrogens is 302 g/mol. The van der Waals surface area contributed by atoms with Crippen LogP contribution in [-0.2, 0) is 16.6 Å². The number of hydrogen-bond donors (Lipinski definition) is 1. The minimum atomic E-state index is 0.0528. The van der Waals surface area contributed by atoms with Crippen LogP contribution in [-0.4, -0.2) is 59.3 Å². The number of thioether (sulfide) groups is 1. The molecule has 22 heavy (non-hydrogen) atoms. The molecule has 0 aromatic carbocycles. The van der Waals surface area contributed by atoms with Crippen molar-refractivity contribution in [2.75, 3.05) is 43.5 Å². The molecule has 7 nitrogen and oxygen atoms in total. The minimum absolute atomic E-state index is 0.0528. The van der Waals surface area contributed by atoms with Gasteiger partial charge < -0.3 is 15.0 Å². The van der Waals surface area contributed by atoms with Crippen molar-refractivity contribution >= 4 is 23.6 Å². The maximum Gasteiger partial charge on any atom is 0.230 e. The first-order valence-electron chi connectivity index (χ1n) is 7.84. The van der Waals surface area contributed by atoms with E-state index in [0.29, 0.717) is 5.75 Å². The molecule has 1 amide bonds. The van der Waals surface area contributed by atoms with E-state index in [4.69, 9.17) is 4.74 Å². The Balaban J connectivity index is 1.78. The van der Waals surface area contributed by atoms with Crippen LogP contribution in [0, 0.1) is 0 Å². The second-order valence-corrected chi connectivity index (χ2v) is 6.23. The number of anilines is 1. The molecule has 1 N–H and O–H groups in total. The molecule has 0 bridgehead atoms. The SMILES string of the molecule is CCCCCNC(=O)CSc1nnc(N2CCOCC2)n1C. The van der Waals surface area contributed by atoms with Gasteiger partial charge in [-0.25, -0.2) is 0 Å². The summed E-state index contributed by atoms with van der Waals surface area (Å²) >= 11 is 1.42. The number of carbonyl (C=O) groups excluding carboxylic acids is 1. The zero-order valence-electron chi connectivity index (χ0n) is 13.4. The molecule has 0 unspecified atom stereocenters. The molecule has 1 aromatic heterocycles. The maximum absolute atomic E-state index is 11.8. The van der Waals surface area contributed by atoms with Crippen molar-refractivity contribution in [2.45, 2.75) is 31.3 Å². The Bertz CT molecular complexity index is 474. The first kappa shape index (κ1) is 17.1. The van der Waals surface area contributed by atoms with Crippen molar-refractivity contribution in [3.63, 3.8) is 0 Å². The third-order valence-electron chi connectivity index (χ3n) is 3.54. The van der Waals surface area contributed by atoms with Crippen LogP contribution < -0.4 is 10.2 Å². The molecule has 2 rings (SSSR count). The van der Waals surface area contributed by atoms with Crippen molar-refractivity contribution in [1.82, 2.24) is 20.1 Å². The summed E-state index contributed by atoms with van der Waals surface area (Å²) in [5.41, 5.74) is 0. The Labute approximate surface area is 135 Å². The van der Waals surface area contributed by atoms with Gasteiger partial charge in [0.15, 0.2) is 5.16 Å². The molecule has 8 heteroatoms. The smallest absolute Gasteiger partial charge is 0.230 e. The summed E-state index contributed by atoms with van der Waals surface area (Å²) in [4.78, 5) is 13.9. The highest BCUT2D eigenvalue weighted by atomic mass is 32.2. The number of ether oxygens (including phenoxy) is 1. The van der Waals surface area contributed by atoms with Gasteiger partial charge in [0, 0.05) is 26.7 Å². The lowest BCUT2D eigenvalue weighted by molar-refractivity contribution is -0.118. The van der Waals surface area contributed by atoms with Crippen LogP contribution in [0.15, 0.2) is 5.16 Å². The zero-order valence-corrected chi connectivity index (χ0v) is 14.2. The Morgan fingerprint density at radius 2 is 2.09 bits per heavy atom. The topological polar surface area (TPSA) is 72.3 Å². The summed E-state index contributed by atoms with van der Waals surface area (Å²) in [5, 5.41) is 12.1. The molecule has 0 aliphatic carbocycles. The lowest BCUT2D eigenvalue weighted by Crippen LogP contribution is -2.37. The predicted molar refractivity (Wildman–Crippen MR) is 87.3 cm³/mol. The number of rotatable bonds is 8. The summed E-state index contributed by atoms with van der Waals surface area (Å²) < 4.78 is 7.29. The molecule has 1 saturated heterocycles. The number of hydrogen-bond acceptors (Lipinski definition) is 6. The monoisotopic (exact) mass is 327 g/mol. The van der Waals surface area contributed by atoms with Gasteiger partial charge in [0.05, 0.1) is 19.0 Å². The molecule has 0 spiro atoms. The Morgan fingerprint density at radius 3 is 2.82 bits per heavy atom. The van der Waals surface area contributed by atoms with Crippen molar-refractivity contribution in [3.05, 3.63) is 0 Å². The van der Waals surface area contributed by atoms with Gasteiger partial charge in [-0.05, 0) is 6.42 Å². The maximum atomic E-state index is 11.8. The van der Waals surface area contributed by atoms with Gasteiger partial charge in [0.25, 0.3) is 0 Å². The number of unbranched alkanes of at least 4 members (excludes halogenated alkanes) is 2. The number of nitrogens with zero attached hydrogens (tertiary/aromatic N) is 4. The average molecular weight is 327 g/mol. The van der Waals surface area contributed by atoms with E-state index in [1.54, 1.807) is 0 Å². The first-order chi connectivity index (χ1) is 10.7. The fraction of sp³-hybridized carbons (Fsp3) is 0.786. The molecule has 0 atom stereocenters. The molecule has 2 heterocycles. The van der Waals surface area contributed by atoms with Gasteiger partial charge in [-0.2, -0.15) is 0 Å². The van der Waals surface area contributed by atoms with E-state index >= 15 is 0 Å². The third kappa shape index (κ3) is 4.88. The van der Waals surface area contributed by atoms with Crippen LogP contribution in [0.25, 0.3) is 0 Å². The van der Waals surface area contributed by atoms with Crippen LogP contribution in [0.3, 0.4) is 0 Å². The van der Waals surface area contributed by atoms with Gasteiger partial charge in [-0.1, -0.05) is 31.5 Å². The van der Waals surface area contributed by atoms with E-state index in [0.717, 1.165) is 63.2 Å². The molecule has 0 radical (unpaired) electrons. The Morgan fingerprint density at radius 1 is 1.32 bits per heavy atom. The molecule has 0 saturated carbocycles. The van der Waals surface area contributed by atoms with Gasteiger partial charge in [0.2, 0.25) is 11.9 Å². The highest BCUT2D eigenvalue weighted by molar-refractivity contribution is 7.99. The molecule has 1 aromatic rings. The van der Waals surface area contributed by atoms with Crippen LogP contribution in [0.2, 0.25) is 0 Å². The van der Waals surface area contributed by atoms with Crippen LogP contribution in [0.4, 0.5) is 5.95 Å². The summed E-state index contributed by atoms with van der Waals surface area (Å²) in [6.07, 6.45) is 3.35. The van der Waals surface area contributed by atoms with Crippen molar-refractivity contribution in [3.8, 4) is 0 Å². The van der Waals surface area contributed by atoms with Gasteiger partial charge in [-0.3, -0.25) is 9.36 Å².